The topological polar surface area (TPSA) is 143 Å². The highest BCUT2D eigenvalue weighted by Crippen LogP contribution is 2.17. The molecule has 10 heteroatoms. The molecule has 0 saturated carbocycles. The molecule has 224 valence electrons. The van der Waals surface area contributed by atoms with E-state index < -0.39 is 41.8 Å². The first-order valence-electron chi connectivity index (χ1n) is 14.3. The molecule has 0 radical (unpaired) electrons. The summed E-state index contributed by atoms with van der Waals surface area (Å²) in [4.78, 5) is 64.3. The van der Waals surface area contributed by atoms with Crippen LogP contribution in [0.5, 0.6) is 0 Å². The molecule has 0 unspecified atom stereocenters. The van der Waals surface area contributed by atoms with Crippen LogP contribution in [0.25, 0.3) is 0 Å². The summed E-state index contributed by atoms with van der Waals surface area (Å²) in [6.45, 7) is 6.06. The van der Waals surface area contributed by atoms with Gasteiger partial charge in [-0.2, -0.15) is 0 Å². The maximum atomic E-state index is 13.7. The molecule has 1 saturated heterocycles. The second-order valence-corrected chi connectivity index (χ2v) is 10.6. The first-order chi connectivity index (χ1) is 20.2. The summed E-state index contributed by atoms with van der Waals surface area (Å²) in [5.41, 5.74) is 1.24. The van der Waals surface area contributed by atoms with Crippen molar-refractivity contribution in [3.63, 3.8) is 0 Å². The molecule has 0 aliphatic carbocycles. The van der Waals surface area contributed by atoms with E-state index in [1.165, 1.54) is 12.2 Å². The van der Waals surface area contributed by atoms with E-state index in [1.807, 2.05) is 44.2 Å². The number of carbonyl (C=O) groups is 5. The number of rotatable bonds is 14. The summed E-state index contributed by atoms with van der Waals surface area (Å²) in [6, 6.07) is 15.3. The number of hydrogen-bond donors (Lipinski definition) is 4. The molecular formula is C32H40N4O6. The van der Waals surface area contributed by atoms with Crippen molar-refractivity contribution in [3.05, 3.63) is 83.9 Å². The molecule has 2 aromatic carbocycles. The van der Waals surface area contributed by atoms with Crippen LogP contribution < -0.4 is 21.3 Å². The van der Waals surface area contributed by atoms with E-state index in [9.17, 15) is 24.0 Å². The number of hydrogen-bond acceptors (Lipinski definition) is 6. The number of esters is 1. The fraction of sp³-hybridized carbons (Fsp3) is 0.406. The maximum Gasteiger partial charge on any atom is 0.330 e. The minimum Gasteiger partial charge on any atom is -0.463 e. The van der Waals surface area contributed by atoms with Crippen molar-refractivity contribution in [2.24, 2.45) is 11.8 Å². The van der Waals surface area contributed by atoms with Gasteiger partial charge in [0.05, 0.1) is 6.61 Å². The Kier molecular flexibility index (Phi) is 12.3. The molecule has 4 N–H and O–H groups in total. The average molecular weight is 577 g/mol. The van der Waals surface area contributed by atoms with Crippen LogP contribution >= 0.6 is 0 Å². The van der Waals surface area contributed by atoms with Crippen molar-refractivity contribution >= 4 is 29.6 Å². The summed E-state index contributed by atoms with van der Waals surface area (Å²) in [6.07, 6.45) is 3.83. The molecule has 1 heterocycles. The molecule has 4 atom stereocenters. The first-order valence-corrected chi connectivity index (χ1v) is 14.3. The van der Waals surface area contributed by atoms with Gasteiger partial charge in [-0.25, -0.2) is 4.79 Å². The van der Waals surface area contributed by atoms with Crippen LogP contribution in [-0.2, 0) is 30.3 Å². The predicted molar refractivity (Wildman–Crippen MR) is 158 cm³/mol. The van der Waals surface area contributed by atoms with Crippen LogP contribution in [0.4, 0.5) is 0 Å². The molecule has 42 heavy (non-hydrogen) atoms. The lowest BCUT2D eigenvalue weighted by Gasteiger charge is -2.27. The van der Waals surface area contributed by atoms with E-state index in [0.29, 0.717) is 18.5 Å². The molecule has 3 rings (SSSR count). The van der Waals surface area contributed by atoms with E-state index in [2.05, 4.69) is 21.3 Å². The average Bonchev–Trinajstić information content (AvgIpc) is 3.38. The third-order valence-electron chi connectivity index (χ3n) is 6.97. The number of amides is 4. The fourth-order valence-electron chi connectivity index (χ4n) is 4.70. The zero-order valence-electron chi connectivity index (χ0n) is 24.3. The Morgan fingerprint density at radius 3 is 2.21 bits per heavy atom. The van der Waals surface area contributed by atoms with E-state index in [0.717, 1.165) is 5.56 Å². The zero-order chi connectivity index (χ0) is 30.5. The number of ether oxygens (including phenoxy) is 1. The molecule has 1 aliphatic heterocycles. The molecule has 10 nitrogen and oxygen atoms in total. The van der Waals surface area contributed by atoms with Gasteiger partial charge < -0.3 is 26.0 Å². The van der Waals surface area contributed by atoms with Crippen LogP contribution in [0, 0.1) is 11.8 Å². The fourth-order valence-corrected chi connectivity index (χ4v) is 4.70. The molecule has 1 aliphatic rings. The van der Waals surface area contributed by atoms with Gasteiger partial charge in [0, 0.05) is 36.6 Å². The van der Waals surface area contributed by atoms with Crippen molar-refractivity contribution < 1.29 is 28.7 Å². The quantitative estimate of drug-likeness (QED) is 0.201. The van der Waals surface area contributed by atoms with E-state index in [-0.39, 0.29) is 37.2 Å². The molecular weight excluding hydrogens is 536 g/mol. The Morgan fingerprint density at radius 1 is 0.952 bits per heavy atom. The smallest absolute Gasteiger partial charge is 0.330 e. The van der Waals surface area contributed by atoms with Crippen LogP contribution in [0.1, 0.15) is 49.5 Å². The standard InChI is InChI=1S/C32H40N4O6/c1-4-42-27(37)16-15-25(20-24-17-18-33-29(24)38)34-31(40)26(19-22-11-7-5-8-12-22)35-32(41)28(21(2)3)36-30(39)23-13-9-6-10-14-23/h5-16,21,24-26,28H,4,17-20H2,1-3H3,(H,33,38)(H,34,40)(H,35,41)(H,36,39)/b16-15+/t24-,25+,26-,28-/m0/s1. The Balaban J connectivity index is 1.80. The van der Waals surface area contributed by atoms with E-state index >= 15 is 0 Å². The largest absolute Gasteiger partial charge is 0.463 e. The van der Waals surface area contributed by atoms with Crippen LogP contribution in [0.15, 0.2) is 72.8 Å². The SMILES string of the molecule is CCOC(=O)/C=C/[C@H](C[C@@H]1CCNC1=O)NC(=O)[C@H](Cc1ccccc1)NC(=O)[C@@H](NC(=O)c1ccccc1)C(C)C. The Morgan fingerprint density at radius 2 is 1.62 bits per heavy atom. The lowest BCUT2D eigenvalue weighted by atomic mass is 9.97. The Labute approximate surface area is 246 Å². The van der Waals surface area contributed by atoms with Crippen molar-refractivity contribution in [1.29, 1.82) is 0 Å². The first kappa shape index (κ1) is 32.0. The number of carbonyl (C=O) groups excluding carboxylic acids is 5. The lowest BCUT2D eigenvalue weighted by molar-refractivity contribution is -0.137. The maximum absolute atomic E-state index is 13.7. The van der Waals surface area contributed by atoms with Gasteiger partial charge in [-0.3, -0.25) is 19.2 Å². The van der Waals surface area contributed by atoms with Gasteiger partial charge in [-0.15, -0.1) is 0 Å². The second-order valence-electron chi connectivity index (χ2n) is 10.6. The Bertz CT molecular complexity index is 1250. The monoisotopic (exact) mass is 576 g/mol. The zero-order valence-corrected chi connectivity index (χ0v) is 24.3. The van der Waals surface area contributed by atoms with Crippen molar-refractivity contribution in [2.45, 2.75) is 58.2 Å². The molecule has 0 spiro atoms. The predicted octanol–water partition coefficient (Wildman–Crippen LogP) is 2.30. The third-order valence-corrected chi connectivity index (χ3v) is 6.97. The number of benzene rings is 2. The summed E-state index contributed by atoms with van der Waals surface area (Å²) < 4.78 is 4.97. The van der Waals surface area contributed by atoms with Gasteiger partial charge in [0.15, 0.2) is 0 Å². The molecule has 4 amide bonds. The lowest BCUT2D eigenvalue weighted by Crippen LogP contribution is -2.57. The van der Waals surface area contributed by atoms with E-state index in [4.69, 9.17) is 4.74 Å². The van der Waals surface area contributed by atoms with Gasteiger partial charge in [-0.1, -0.05) is 68.5 Å². The normalized spacial score (nSPS) is 16.8. The summed E-state index contributed by atoms with van der Waals surface area (Å²) in [5, 5.41) is 11.3. The Hall–Kier alpha value is -4.47. The highest BCUT2D eigenvalue weighted by molar-refractivity contribution is 5.98. The van der Waals surface area contributed by atoms with Gasteiger partial charge in [0.25, 0.3) is 5.91 Å². The van der Waals surface area contributed by atoms with Crippen LogP contribution in [0.3, 0.4) is 0 Å². The highest BCUT2D eigenvalue weighted by Gasteiger charge is 2.32. The summed E-state index contributed by atoms with van der Waals surface area (Å²) in [7, 11) is 0. The van der Waals surface area contributed by atoms with Crippen LogP contribution in [-0.4, -0.2) is 60.9 Å². The van der Waals surface area contributed by atoms with Crippen molar-refractivity contribution in [2.75, 3.05) is 13.2 Å². The minimum atomic E-state index is -0.995. The molecule has 1 fully saturated rings. The van der Waals surface area contributed by atoms with E-state index in [1.54, 1.807) is 37.3 Å². The van der Waals surface area contributed by atoms with Gasteiger partial charge in [-0.05, 0) is 43.4 Å². The minimum absolute atomic E-state index is 0.109. The van der Waals surface area contributed by atoms with Gasteiger partial charge in [0.1, 0.15) is 12.1 Å². The van der Waals surface area contributed by atoms with Crippen molar-refractivity contribution in [1.82, 2.24) is 21.3 Å². The summed E-state index contributed by atoms with van der Waals surface area (Å²) >= 11 is 0. The third kappa shape index (κ3) is 9.87. The second kappa shape index (κ2) is 16.1. The van der Waals surface area contributed by atoms with Gasteiger partial charge >= 0.3 is 5.97 Å². The highest BCUT2D eigenvalue weighted by atomic mass is 16.5. The van der Waals surface area contributed by atoms with Gasteiger partial charge in [0.2, 0.25) is 17.7 Å². The molecule has 0 bridgehead atoms. The van der Waals surface area contributed by atoms with Crippen LogP contribution in [0.2, 0.25) is 0 Å². The molecule has 2 aromatic rings. The van der Waals surface area contributed by atoms with Crippen molar-refractivity contribution in [3.8, 4) is 0 Å². The summed E-state index contributed by atoms with van der Waals surface area (Å²) in [5.74, 6) is -2.65. The molecule has 0 aromatic heterocycles. The number of nitrogens with one attached hydrogen (secondary N) is 4.